The molecule has 0 saturated carbocycles. The summed E-state index contributed by atoms with van der Waals surface area (Å²) < 4.78 is 0. The molecule has 5 aromatic rings. The number of hydrogen-bond acceptors (Lipinski definition) is 4. The van der Waals surface area contributed by atoms with Gasteiger partial charge in [0.1, 0.15) is 0 Å². The number of rotatable bonds is 2. The van der Waals surface area contributed by atoms with Gasteiger partial charge in [-0.2, -0.15) is 0 Å². The summed E-state index contributed by atoms with van der Waals surface area (Å²) in [5.41, 5.74) is 3.56. The van der Waals surface area contributed by atoms with E-state index in [4.69, 9.17) is 0 Å². The minimum Gasteiger partial charge on any atom is -0.358 e. The van der Waals surface area contributed by atoms with Crippen molar-refractivity contribution in [3.05, 3.63) is 97.5 Å². The molecule has 0 spiro atoms. The Labute approximate surface area is 176 Å². The summed E-state index contributed by atoms with van der Waals surface area (Å²) in [5, 5.41) is 13.2. The summed E-state index contributed by atoms with van der Waals surface area (Å²) in [6.45, 7) is 0. The Kier molecular flexibility index (Phi) is 6.73. The molecule has 0 aliphatic rings. The Hall–Kier alpha value is -3.21. The number of pyridine rings is 2. The van der Waals surface area contributed by atoms with Crippen LogP contribution in [0.15, 0.2) is 91.4 Å². The third kappa shape index (κ3) is 4.55. The average molecular weight is 542 g/mol. The maximum absolute atomic E-state index is 4.45. The summed E-state index contributed by atoms with van der Waals surface area (Å²) >= 11 is 0. The number of nitrogens with zero attached hydrogens (tertiary/aromatic N) is 5. The Morgan fingerprint density at radius 3 is 2.39 bits per heavy atom. The van der Waals surface area contributed by atoms with Crippen LogP contribution in [0, 0.1) is 6.07 Å². The van der Waals surface area contributed by atoms with Gasteiger partial charge in [0, 0.05) is 32.5 Å². The molecule has 0 fully saturated rings. The third-order valence-corrected chi connectivity index (χ3v) is 3.95. The largest absolute Gasteiger partial charge is 0.358 e. The van der Waals surface area contributed by atoms with Crippen LogP contribution in [0.25, 0.3) is 33.4 Å². The van der Waals surface area contributed by atoms with Gasteiger partial charge in [0.2, 0.25) is 0 Å². The minimum absolute atomic E-state index is 0. The van der Waals surface area contributed by atoms with Gasteiger partial charge in [0.05, 0.1) is 5.69 Å². The molecular formula is C22H15IrN5-2. The molecule has 3 heterocycles. The van der Waals surface area contributed by atoms with E-state index in [1.807, 2.05) is 66.9 Å². The molecule has 6 heteroatoms. The predicted molar refractivity (Wildman–Crippen MR) is 105 cm³/mol. The van der Waals surface area contributed by atoms with Crippen LogP contribution in [-0.4, -0.2) is 20.3 Å². The maximum atomic E-state index is 4.45. The van der Waals surface area contributed by atoms with Crippen LogP contribution in [-0.2, 0) is 20.1 Å². The molecule has 5 rings (SSSR count). The van der Waals surface area contributed by atoms with Gasteiger partial charge in [-0.1, -0.05) is 36.5 Å². The van der Waals surface area contributed by atoms with Crippen molar-refractivity contribution in [2.24, 2.45) is 0 Å². The van der Waals surface area contributed by atoms with E-state index in [2.05, 4.69) is 43.6 Å². The quantitative estimate of drug-likeness (QED) is 0.314. The van der Waals surface area contributed by atoms with Crippen LogP contribution in [0.3, 0.4) is 0 Å². The number of hydrogen-bond donors (Lipinski definition) is 0. The summed E-state index contributed by atoms with van der Waals surface area (Å²) in [4.78, 5) is 8.52. The van der Waals surface area contributed by atoms with Gasteiger partial charge in [-0.3, -0.25) is 10.2 Å². The van der Waals surface area contributed by atoms with Gasteiger partial charge in [-0.05, 0) is 40.4 Å². The molecule has 0 saturated heterocycles. The Bertz CT molecular complexity index is 1110. The Balaban J connectivity index is 0.000000165. The Morgan fingerprint density at radius 1 is 0.786 bits per heavy atom. The predicted octanol–water partition coefficient (Wildman–Crippen LogP) is 4.20. The van der Waals surface area contributed by atoms with Crippen molar-refractivity contribution in [2.45, 2.75) is 0 Å². The summed E-state index contributed by atoms with van der Waals surface area (Å²) in [6, 6.07) is 27.1. The molecule has 0 unspecified atom stereocenters. The van der Waals surface area contributed by atoms with E-state index in [0.29, 0.717) is 5.69 Å². The first-order valence-electron chi connectivity index (χ1n) is 8.45. The van der Waals surface area contributed by atoms with Crippen molar-refractivity contribution >= 4 is 10.8 Å². The van der Waals surface area contributed by atoms with Crippen molar-refractivity contribution in [3.63, 3.8) is 0 Å². The van der Waals surface area contributed by atoms with Crippen molar-refractivity contribution in [3.8, 4) is 22.6 Å². The second kappa shape index (κ2) is 9.65. The van der Waals surface area contributed by atoms with E-state index in [-0.39, 0.29) is 20.1 Å². The molecule has 1 radical (unpaired) electrons. The van der Waals surface area contributed by atoms with Crippen molar-refractivity contribution in [1.29, 1.82) is 0 Å². The molecule has 0 aliphatic carbocycles. The zero-order valence-electron chi connectivity index (χ0n) is 14.7. The van der Waals surface area contributed by atoms with Gasteiger partial charge in [0.15, 0.2) is 0 Å². The van der Waals surface area contributed by atoms with Gasteiger partial charge in [-0.15, -0.1) is 35.9 Å². The van der Waals surface area contributed by atoms with Crippen LogP contribution < -0.4 is 5.10 Å². The maximum Gasteiger partial charge on any atom is 0.0671 e. The van der Waals surface area contributed by atoms with Crippen molar-refractivity contribution in [2.75, 3.05) is 0 Å². The molecular weight excluding hydrogens is 526 g/mol. The first-order valence-corrected chi connectivity index (χ1v) is 8.45. The van der Waals surface area contributed by atoms with E-state index in [1.54, 1.807) is 12.4 Å². The summed E-state index contributed by atoms with van der Waals surface area (Å²) in [5.74, 6) is 0. The molecule has 2 aromatic carbocycles. The molecule has 0 bridgehead atoms. The second-order valence-corrected chi connectivity index (χ2v) is 5.69. The molecule has 5 nitrogen and oxygen atoms in total. The van der Waals surface area contributed by atoms with E-state index in [0.717, 1.165) is 17.0 Å². The molecule has 0 amide bonds. The van der Waals surface area contributed by atoms with Crippen LogP contribution in [0.5, 0.6) is 0 Å². The molecule has 3 aromatic heterocycles. The fourth-order valence-corrected chi connectivity index (χ4v) is 2.69. The molecule has 28 heavy (non-hydrogen) atoms. The topological polar surface area (TPSA) is 65.7 Å². The van der Waals surface area contributed by atoms with E-state index in [1.165, 1.54) is 10.8 Å². The molecule has 0 atom stereocenters. The first-order chi connectivity index (χ1) is 13.4. The number of benzene rings is 2. The van der Waals surface area contributed by atoms with Gasteiger partial charge in [-0.25, -0.2) is 0 Å². The monoisotopic (exact) mass is 542 g/mol. The molecule has 139 valence electrons. The van der Waals surface area contributed by atoms with Crippen LogP contribution in [0.1, 0.15) is 0 Å². The zero-order chi connectivity index (χ0) is 18.3. The van der Waals surface area contributed by atoms with Crippen LogP contribution in [0.2, 0.25) is 0 Å². The number of aromatic nitrogens is 5. The van der Waals surface area contributed by atoms with E-state index < -0.39 is 0 Å². The summed E-state index contributed by atoms with van der Waals surface area (Å²) in [7, 11) is 0. The van der Waals surface area contributed by atoms with Gasteiger partial charge < -0.3 is 15.2 Å². The fourth-order valence-electron chi connectivity index (χ4n) is 2.69. The smallest absolute Gasteiger partial charge is 0.0671 e. The molecule has 0 aliphatic heterocycles. The second-order valence-electron chi connectivity index (χ2n) is 5.69. The Morgan fingerprint density at radius 2 is 1.64 bits per heavy atom. The SMILES string of the molecule is [Ir].[c-]1ccccc1-c1nccc2ccccc12.c1ccc(-c2cnn[n-]2)nc1. The number of fused-ring (bicyclic) bond motifs is 1. The minimum atomic E-state index is 0. The molecule has 0 N–H and O–H groups in total. The normalized spacial score (nSPS) is 9.86. The average Bonchev–Trinajstić information content (AvgIpc) is 3.30. The van der Waals surface area contributed by atoms with E-state index >= 15 is 0 Å². The standard InChI is InChI=1S/C15H10N.C7H5N4.Ir/c1-2-7-13(8-3-1)15-14-9-5-4-6-12(14)10-11-16-15;1-2-4-8-6(3-1)7-5-9-11-10-7;/h1-7,9-11H;1-5H;/q2*-1;. The zero-order valence-corrected chi connectivity index (χ0v) is 17.1. The fraction of sp³-hybridized carbons (Fsp3) is 0. The third-order valence-electron chi connectivity index (χ3n) is 3.95. The van der Waals surface area contributed by atoms with Crippen molar-refractivity contribution in [1.82, 2.24) is 25.4 Å². The van der Waals surface area contributed by atoms with Crippen LogP contribution >= 0.6 is 0 Å². The van der Waals surface area contributed by atoms with Gasteiger partial charge in [0.25, 0.3) is 0 Å². The first kappa shape index (κ1) is 19.5. The summed E-state index contributed by atoms with van der Waals surface area (Å²) in [6.07, 6.45) is 5.14. The van der Waals surface area contributed by atoms with E-state index in [9.17, 15) is 0 Å². The van der Waals surface area contributed by atoms with Gasteiger partial charge >= 0.3 is 0 Å². The van der Waals surface area contributed by atoms with Crippen molar-refractivity contribution < 1.29 is 20.1 Å². The van der Waals surface area contributed by atoms with Crippen LogP contribution in [0.4, 0.5) is 0 Å².